The van der Waals surface area contributed by atoms with Crippen molar-refractivity contribution in [1.29, 1.82) is 0 Å². The van der Waals surface area contributed by atoms with Crippen LogP contribution in [0.25, 0.3) is 0 Å². The summed E-state index contributed by atoms with van der Waals surface area (Å²) in [7, 11) is 0. The van der Waals surface area contributed by atoms with Crippen molar-refractivity contribution in [2.24, 2.45) is 0 Å². The number of rotatable bonds is 1. The Morgan fingerprint density at radius 1 is 1.56 bits per heavy atom. The number of hydrogen-bond acceptors (Lipinski definition) is 4. The molecule has 0 aliphatic carbocycles. The standard InChI is InChI=1S/C10H8ClNO4/c1-5(13)16-7-2-6-4-15-10(14)12-9(6)8(11)3-7/h2-3H,4H2,1H3,(H,12,14). The summed E-state index contributed by atoms with van der Waals surface area (Å²) in [4.78, 5) is 21.7. The number of amides is 1. The van der Waals surface area contributed by atoms with Crippen molar-refractivity contribution in [3.8, 4) is 5.75 Å². The highest BCUT2D eigenvalue weighted by atomic mass is 35.5. The fraction of sp³-hybridized carbons (Fsp3) is 0.200. The Kier molecular flexibility index (Phi) is 2.70. The number of nitrogens with one attached hydrogen (secondary N) is 1. The number of esters is 1. The average Bonchev–Trinajstić information content (AvgIpc) is 2.18. The molecule has 1 N–H and O–H groups in total. The maximum Gasteiger partial charge on any atom is 0.412 e. The van der Waals surface area contributed by atoms with Gasteiger partial charge in [0.2, 0.25) is 0 Å². The first-order valence-corrected chi connectivity index (χ1v) is 4.88. The Hall–Kier alpha value is -1.75. The van der Waals surface area contributed by atoms with E-state index >= 15 is 0 Å². The zero-order valence-electron chi connectivity index (χ0n) is 8.37. The van der Waals surface area contributed by atoms with Gasteiger partial charge in [-0.2, -0.15) is 0 Å². The fourth-order valence-corrected chi connectivity index (χ4v) is 1.67. The second kappa shape index (κ2) is 4.02. The van der Waals surface area contributed by atoms with Crippen LogP contribution in [0.4, 0.5) is 10.5 Å². The first-order chi connectivity index (χ1) is 7.56. The van der Waals surface area contributed by atoms with Gasteiger partial charge in [-0.05, 0) is 6.07 Å². The van der Waals surface area contributed by atoms with Crippen molar-refractivity contribution in [3.63, 3.8) is 0 Å². The van der Waals surface area contributed by atoms with Crippen LogP contribution in [0, 0.1) is 0 Å². The number of carbonyl (C=O) groups is 2. The quantitative estimate of drug-likeness (QED) is 0.605. The van der Waals surface area contributed by atoms with Crippen LogP contribution in [0.1, 0.15) is 12.5 Å². The van der Waals surface area contributed by atoms with E-state index in [0.29, 0.717) is 22.0 Å². The van der Waals surface area contributed by atoms with Gasteiger partial charge in [-0.25, -0.2) is 4.79 Å². The highest BCUT2D eigenvalue weighted by Crippen LogP contribution is 2.34. The molecular formula is C10H8ClNO4. The van der Waals surface area contributed by atoms with Gasteiger partial charge >= 0.3 is 12.1 Å². The van der Waals surface area contributed by atoms with Crippen LogP contribution in [0.15, 0.2) is 12.1 Å². The van der Waals surface area contributed by atoms with Crippen LogP contribution >= 0.6 is 11.6 Å². The van der Waals surface area contributed by atoms with E-state index in [1.54, 1.807) is 6.07 Å². The predicted molar refractivity (Wildman–Crippen MR) is 56.6 cm³/mol. The molecule has 1 heterocycles. The molecule has 0 bridgehead atoms. The summed E-state index contributed by atoms with van der Waals surface area (Å²) in [6.45, 7) is 1.40. The average molecular weight is 242 g/mol. The highest BCUT2D eigenvalue weighted by Gasteiger charge is 2.19. The van der Waals surface area contributed by atoms with Gasteiger partial charge in [0.15, 0.2) is 0 Å². The molecule has 6 heteroatoms. The normalized spacial score (nSPS) is 13.5. The minimum absolute atomic E-state index is 0.107. The lowest BCUT2D eigenvalue weighted by Gasteiger charge is -2.19. The third kappa shape index (κ3) is 2.09. The number of hydrogen-bond donors (Lipinski definition) is 1. The van der Waals surface area contributed by atoms with Gasteiger partial charge in [-0.3, -0.25) is 10.1 Å². The molecule has 16 heavy (non-hydrogen) atoms. The molecule has 1 amide bonds. The lowest BCUT2D eigenvalue weighted by Crippen LogP contribution is -2.20. The maximum atomic E-state index is 11.0. The number of anilines is 1. The molecule has 1 aliphatic heterocycles. The summed E-state index contributed by atoms with van der Waals surface area (Å²) in [6, 6.07) is 3.06. The topological polar surface area (TPSA) is 64.6 Å². The fourth-order valence-electron chi connectivity index (χ4n) is 1.40. The van der Waals surface area contributed by atoms with Crippen molar-refractivity contribution < 1.29 is 19.1 Å². The Labute approximate surface area is 96.3 Å². The van der Waals surface area contributed by atoms with Crippen LogP contribution in [0.3, 0.4) is 0 Å². The molecule has 0 spiro atoms. The van der Waals surface area contributed by atoms with Crippen LogP contribution in [0.2, 0.25) is 5.02 Å². The van der Waals surface area contributed by atoms with Crippen molar-refractivity contribution in [2.75, 3.05) is 5.32 Å². The molecule has 0 atom stereocenters. The van der Waals surface area contributed by atoms with Crippen LogP contribution in [-0.4, -0.2) is 12.1 Å². The second-order valence-electron chi connectivity index (χ2n) is 3.23. The zero-order valence-corrected chi connectivity index (χ0v) is 9.13. The van der Waals surface area contributed by atoms with E-state index in [4.69, 9.17) is 21.1 Å². The SMILES string of the molecule is CC(=O)Oc1cc(Cl)c2c(c1)COC(=O)N2. The third-order valence-corrected chi connectivity index (χ3v) is 2.29. The molecule has 5 nitrogen and oxygen atoms in total. The van der Waals surface area contributed by atoms with Crippen LogP contribution < -0.4 is 10.1 Å². The lowest BCUT2D eigenvalue weighted by molar-refractivity contribution is -0.131. The van der Waals surface area contributed by atoms with Crippen molar-refractivity contribution in [2.45, 2.75) is 13.5 Å². The number of benzene rings is 1. The van der Waals surface area contributed by atoms with E-state index in [-0.39, 0.29) is 6.61 Å². The van der Waals surface area contributed by atoms with Gasteiger partial charge in [-0.1, -0.05) is 11.6 Å². The number of fused-ring (bicyclic) bond motifs is 1. The molecule has 0 radical (unpaired) electrons. The number of cyclic esters (lactones) is 1. The molecule has 2 rings (SSSR count). The predicted octanol–water partition coefficient (Wildman–Crippen LogP) is 2.33. The highest BCUT2D eigenvalue weighted by molar-refractivity contribution is 6.34. The summed E-state index contributed by atoms with van der Waals surface area (Å²) in [6.07, 6.45) is -0.547. The minimum Gasteiger partial charge on any atom is -0.444 e. The minimum atomic E-state index is -0.547. The first-order valence-electron chi connectivity index (χ1n) is 4.51. The van der Waals surface area contributed by atoms with Crippen molar-refractivity contribution in [3.05, 3.63) is 22.7 Å². The summed E-state index contributed by atoms with van der Waals surface area (Å²) >= 11 is 5.93. The van der Waals surface area contributed by atoms with Crippen LogP contribution in [-0.2, 0) is 16.1 Å². The molecular weight excluding hydrogens is 234 g/mol. The van der Waals surface area contributed by atoms with E-state index in [1.165, 1.54) is 13.0 Å². The zero-order chi connectivity index (χ0) is 11.7. The van der Waals surface area contributed by atoms with Gasteiger partial charge in [-0.15, -0.1) is 0 Å². The number of carbonyl (C=O) groups excluding carboxylic acids is 2. The number of halogens is 1. The van der Waals surface area contributed by atoms with Gasteiger partial charge in [0.25, 0.3) is 0 Å². The van der Waals surface area contributed by atoms with Gasteiger partial charge in [0, 0.05) is 18.6 Å². The Morgan fingerprint density at radius 2 is 2.31 bits per heavy atom. The molecule has 1 aromatic rings. The lowest BCUT2D eigenvalue weighted by atomic mass is 10.1. The van der Waals surface area contributed by atoms with Crippen LogP contribution in [0.5, 0.6) is 5.75 Å². The molecule has 1 aromatic carbocycles. The monoisotopic (exact) mass is 241 g/mol. The number of ether oxygens (including phenoxy) is 2. The molecule has 0 saturated heterocycles. The molecule has 0 unspecified atom stereocenters. The van der Waals surface area contributed by atoms with E-state index < -0.39 is 12.1 Å². The molecule has 0 fully saturated rings. The molecule has 0 aromatic heterocycles. The first kappa shape index (κ1) is 10.8. The van der Waals surface area contributed by atoms with E-state index in [0.717, 1.165) is 0 Å². The largest absolute Gasteiger partial charge is 0.444 e. The van der Waals surface area contributed by atoms with Gasteiger partial charge in [0.05, 0.1) is 10.7 Å². The molecule has 0 saturated carbocycles. The second-order valence-corrected chi connectivity index (χ2v) is 3.64. The molecule has 84 valence electrons. The van der Waals surface area contributed by atoms with Crippen molar-refractivity contribution >= 4 is 29.4 Å². The summed E-state index contributed by atoms with van der Waals surface area (Å²) in [5, 5.41) is 2.79. The van der Waals surface area contributed by atoms with E-state index in [1.807, 2.05) is 0 Å². The smallest absolute Gasteiger partial charge is 0.412 e. The Bertz CT molecular complexity index is 472. The van der Waals surface area contributed by atoms with E-state index in [9.17, 15) is 9.59 Å². The molecule has 1 aliphatic rings. The maximum absolute atomic E-state index is 11.0. The van der Waals surface area contributed by atoms with E-state index in [2.05, 4.69) is 5.32 Å². The summed E-state index contributed by atoms with van der Waals surface area (Å²) < 4.78 is 9.67. The van der Waals surface area contributed by atoms with Crippen molar-refractivity contribution in [1.82, 2.24) is 0 Å². The summed E-state index contributed by atoms with van der Waals surface area (Å²) in [5.41, 5.74) is 1.16. The Balaban J connectivity index is 2.38. The van der Waals surface area contributed by atoms with Gasteiger partial charge < -0.3 is 9.47 Å². The van der Waals surface area contributed by atoms with Gasteiger partial charge in [0.1, 0.15) is 12.4 Å². The third-order valence-electron chi connectivity index (χ3n) is 1.99. The Morgan fingerprint density at radius 3 is 3.00 bits per heavy atom. The summed E-state index contributed by atoms with van der Waals surface area (Å²) in [5.74, 6) is -0.104.